The van der Waals surface area contributed by atoms with Gasteiger partial charge in [0, 0.05) is 13.6 Å². The van der Waals surface area contributed by atoms with Crippen molar-refractivity contribution >= 4 is 5.91 Å². The molecule has 0 spiro atoms. The van der Waals surface area contributed by atoms with Crippen LogP contribution in [0.15, 0.2) is 18.2 Å². The molecule has 0 aliphatic carbocycles. The van der Waals surface area contributed by atoms with Crippen LogP contribution in [0, 0.1) is 5.41 Å². The Morgan fingerprint density at radius 1 is 1.30 bits per heavy atom. The Morgan fingerprint density at radius 2 is 1.95 bits per heavy atom. The normalized spacial score (nSPS) is 11.1. The molecular weight excluding hydrogens is 256 g/mol. The number of hydrogen-bond donors (Lipinski definition) is 1. The van der Waals surface area contributed by atoms with Crippen molar-refractivity contribution in [3.63, 3.8) is 0 Å². The van der Waals surface area contributed by atoms with E-state index in [2.05, 4.69) is 0 Å². The summed E-state index contributed by atoms with van der Waals surface area (Å²) in [4.78, 5) is 14.2. The van der Waals surface area contributed by atoms with Gasteiger partial charge in [-0.3, -0.25) is 4.79 Å². The summed E-state index contributed by atoms with van der Waals surface area (Å²) in [6.45, 7) is 5.14. The number of rotatable bonds is 6. The van der Waals surface area contributed by atoms with Gasteiger partial charge in [-0.05, 0) is 24.1 Å². The highest BCUT2D eigenvalue weighted by Gasteiger charge is 2.24. The third-order valence-corrected chi connectivity index (χ3v) is 3.20. The van der Waals surface area contributed by atoms with Crippen LogP contribution in [0.1, 0.15) is 24.2 Å². The minimum absolute atomic E-state index is 0.109. The summed E-state index contributed by atoms with van der Waals surface area (Å²) >= 11 is 0. The lowest BCUT2D eigenvalue weighted by molar-refractivity contribution is 0.0736. The monoisotopic (exact) mass is 280 g/mol. The zero-order valence-corrected chi connectivity index (χ0v) is 12.9. The van der Waals surface area contributed by atoms with E-state index in [4.69, 9.17) is 15.2 Å². The number of amides is 1. The predicted molar refractivity (Wildman–Crippen MR) is 79.3 cm³/mol. The first-order valence-electron chi connectivity index (χ1n) is 6.53. The molecule has 0 aliphatic rings. The molecule has 1 amide bonds. The lowest BCUT2D eigenvalue weighted by Gasteiger charge is -2.29. The van der Waals surface area contributed by atoms with Gasteiger partial charge >= 0.3 is 0 Å². The van der Waals surface area contributed by atoms with Crippen LogP contribution < -0.4 is 15.2 Å². The number of para-hydroxylation sites is 1. The Kier molecular flexibility index (Phi) is 5.39. The molecule has 5 heteroatoms. The van der Waals surface area contributed by atoms with E-state index in [9.17, 15) is 4.79 Å². The minimum Gasteiger partial charge on any atom is -0.493 e. The molecule has 0 saturated carbocycles. The maximum Gasteiger partial charge on any atom is 0.257 e. The molecule has 1 aromatic carbocycles. The molecule has 0 atom stereocenters. The zero-order chi connectivity index (χ0) is 15.3. The average molecular weight is 280 g/mol. The maximum atomic E-state index is 12.5. The van der Waals surface area contributed by atoms with Crippen LogP contribution >= 0.6 is 0 Å². The van der Waals surface area contributed by atoms with E-state index in [1.807, 2.05) is 13.8 Å². The summed E-state index contributed by atoms with van der Waals surface area (Å²) < 4.78 is 10.5. The standard InChI is InChI=1S/C15H24N2O3/c1-15(2,9-16)10-17(3)14(18)11-7-6-8-12(19-4)13(11)20-5/h6-8H,9-10,16H2,1-5H3. The Balaban J connectivity index is 3.03. The highest BCUT2D eigenvalue weighted by atomic mass is 16.5. The number of nitrogens with zero attached hydrogens (tertiary/aromatic N) is 1. The number of benzene rings is 1. The molecule has 0 unspecified atom stereocenters. The van der Waals surface area contributed by atoms with Gasteiger partial charge in [0.2, 0.25) is 0 Å². The fourth-order valence-corrected chi connectivity index (χ4v) is 2.04. The third kappa shape index (κ3) is 3.63. The van der Waals surface area contributed by atoms with Crippen molar-refractivity contribution in [1.29, 1.82) is 0 Å². The van der Waals surface area contributed by atoms with Crippen LogP contribution in [-0.4, -0.2) is 45.2 Å². The summed E-state index contributed by atoms with van der Waals surface area (Å²) in [5.41, 5.74) is 6.07. The molecule has 5 nitrogen and oxygen atoms in total. The van der Waals surface area contributed by atoms with Crippen LogP contribution in [0.25, 0.3) is 0 Å². The number of carbonyl (C=O) groups is 1. The lowest BCUT2D eigenvalue weighted by atomic mass is 9.93. The summed E-state index contributed by atoms with van der Waals surface area (Å²) in [5.74, 6) is 0.893. The number of carbonyl (C=O) groups excluding carboxylic acids is 1. The summed E-state index contributed by atoms with van der Waals surface area (Å²) in [6, 6.07) is 5.27. The van der Waals surface area contributed by atoms with Gasteiger partial charge in [0.25, 0.3) is 5.91 Å². The molecule has 0 radical (unpaired) electrons. The molecule has 1 aromatic rings. The molecule has 20 heavy (non-hydrogen) atoms. The van der Waals surface area contributed by atoms with Crippen LogP contribution in [0.5, 0.6) is 11.5 Å². The predicted octanol–water partition coefficient (Wildman–Crippen LogP) is 1.76. The number of nitrogens with two attached hydrogens (primary N) is 1. The molecule has 1 rings (SSSR count). The fourth-order valence-electron chi connectivity index (χ4n) is 2.04. The molecule has 112 valence electrons. The molecule has 0 aliphatic heterocycles. The Morgan fingerprint density at radius 3 is 2.45 bits per heavy atom. The number of hydrogen-bond acceptors (Lipinski definition) is 4. The van der Waals surface area contributed by atoms with Crippen molar-refractivity contribution in [1.82, 2.24) is 4.90 Å². The largest absolute Gasteiger partial charge is 0.493 e. The molecule has 0 bridgehead atoms. The maximum absolute atomic E-state index is 12.5. The van der Waals surface area contributed by atoms with E-state index >= 15 is 0 Å². The van der Waals surface area contributed by atoms with Crippen LogP contribution in [0.3, 0.4) is 0 Å². The van der Waals surface area contributed by atoms with Crippen LogP contribution in [-0.2, 0) is 0 Å². The first kappa shape index (κ1) is 16.3. The summed E-state index contributed by atoms with van der Waals surface area (Å²) in [5, 5.41) is 0. The van der Waals surface area contributed by atoms with E-state index in [0.29, 0.717) is 30.2 Å². The third-order valence-electron chi connectivity index (χ3n) is 3.20. The molecule has 0 fully saturated rings. The van der Waals surface area contributed by atoms with Crippen molar-refractivity contribution < 1.29 is 14.3 Å². The van der Waals surface area contributed by atoms with E-state index in [1.54, 1.807) is 37.3 Å². The number of ether oxygens (including phenoxy) is 2. The van der Waals surface area contributed by atoms with Crippen molar-refractivity contribution in [3.05, 3.63) is 23.8 Å². The van der Waals surface area contributed by atoms with Crippen molar-refractivity contribution in [2.24, 2.45) is 11.1 Å². The molecule has 0 saturated heterocycles. The second kappa shape index (κ2) is 6.61. The highest BCUT2D eigenvalue weighted by Crippen LogP contribution is 2.31. The average Bonchev–Trinajstić information content (AvgIpc) is 2.44. The topological polar surface area (TPSA) is 64.8 Å². The smallest absolute Gasteiger partial charge is 0.257 e. The van der Waals surface area contributed by atoms with Gasteiger partial charge in [-0.25, -0.2) is 0 Å². The lowest BCUT2D eigenvalue weighted by Crippen LogP contribution is -2.39. The second-order valence-corrected chi connectivity index (χ2v) is 5.57. The minimum atomic E-state index is -0.128. The quantitative estimate of drug-likeness (QED) is 0.862. The van der Waals surface area contributed by atoms with Gasteiger partial charge in [0.15, 0.2) is 11.5 Å². The molecule has 0 heterocycles. The van der Waals surface area contributed by atoms with Crippen molar-refractivity contribution in [2.45, 2.75) is 13.8 Å². The van der Waals surface area contributed by atoms with Crippen molar-refractivity contribution in [2.75, 3.05) is 34.4 Å². The summed E-state index contributed by atoms with van der Waals surface area (Å²) in [7, 11) is 4.84. The van der Waals surface area contributed by atoms with E-state index < -0.39 is 0 Å². The van der Waals surface area contributed by atoms with Crippen LogP contribution in [0.4, 0.5) is 0 Å². The summed E-state index contributed by atoms with van der Waals surface area (Å²) in [6.07, 6.45) is 0. The van der Waals surface area contributed by atoms with Crippen LogP contribution in [0.2, 0.25) is 0 Å². The van der Waals surface area contributed by atoms with Gasteiger partial charge in [-0.1, -0.05) is 19.9 Å². The van der Waals surface area contributed by atoms with Gasteiger partial charge in [-0.15, -0.1) is 0 Å². The molecule has 2 N–H and O–H groups in total. The molecule has 0 aromatic heterocycles. The molecular formula is C15H24N2O3. The van der Waals surface area contributed by atoms with Gasteiger partial charge in [0.05, 0.1) is 19.8 Å². The van der Waals surface area contributed by atoms with Gasteiger partial charge < -0.3 is 20.1 Å². The first-order valence-corrected chi connectivity index (χ1v) is 6.53. The van der Waals surface area contributed by atoms with E-state index in [1.165, 1.54) is 7.11 Å². The number of methoxy groups -OCH3 is 2. The Labute approximate surface area is 120 Å². The van der Waals surface area contributed by atoms with Gasteiger partial charge in [0.1, 0.15) is 0 Å². The van der Waals surface area contributed by atoms with E-state index in [0.717, 1.165) is 0 Å². The second-order valence-electron chi connectivity index (χ2n) is 5.57. The Hall–Kier alpha value is -1.75. The van der Waals surface area contributed by atoms with E-state index in [-0.39, 0.29) is 11.3 Å². The fraction of sp³-hybridized carbons (Fsp3) is 0.533. The Bertz CT molecular complexity index is 472. The SMILES string of the molecule is COc1cccc(C(=O)N(C)CC(C)(C)CN)c1OC. The highest BCUT2D eigenvalue weighted by molar-refractivity contribution is 5.97. The first-order chi connectivity index (χ1) is 9.36. The van der Waals surface area contributed by atoms with Gasteiger partial charge in [-0.2, -0.15) is 0 Å². The zero-order valence-electron chi connectivity index (χ0n) is 12.9. The van der Waals surface area contributed by atoms with Crippen molar-refractivity contribution in [3.8, 4) is 11.5 Å².